The van der Waals surface area contributed by atoms with Crippen LogP contribution in [-0.4, -0.2) is 38.9 Å². The smallest absolute Gasteiger partial charge is 0.358 e. The summed E-state index contributed by atoms with van der Waals surface area (Å²) >= 11 is 0.646. The molecule has 0 saturated carbocycles. The molecule has 0 unspecified atom stereocenters. The van der Waals surface area contributed by atoms with Crippen molar-refractivity contribution in [3.05, 3.63) is 41.1 Å². The van der Waals surface area contributed by atoms with Crippen LogP contribution in [0.3, 0.4) is 0 Å². The Bertz CT molecular complexity index is 871. The van der Waals surface area contributed by atoms with Gasteiger partial charge in [0.2, 0.25) is 0 Å². The van der Waals surface area contributed by atoms with Gasteiger partial charge in [-0.1, -0.05) is 17.7 Å². The van der Waals surface area contributed by atoms with Gasteiger partial charge in [0.05, 0.1) is 19.1 Å². The van der Waals surface area contributed by atoms with Crippen molar-refractivity contribution in [3.63, 3.8) is 0 Å². The molecule has 0 radical (unpaired) electrons. The van der Waals surface area contributed by atoms with E-state index < -0.39 is 22.0 Å². The summed E-state index contributed by atoms with van der Waals surface area (Å²) in [5.41, 5.74) is 0.302. The average molecular weight is 370 g/mol. The highest BCUT2D eigenvalue weighted by Gasteiger charge is 2.29. The molecule has 0 fully saturated rings. The molecule has 24 heavy (non-hydrogen) atoms. The monoisotopic (exact) mass is 370 g/mol. The lowest BCUT2D eigenvalue weighted by Crippen LogP contribution is -2.16. The first-order valence-electron chi connectivity index (χ1n) is 6.56. The summed E-state index contributed by atoms with van der Waals surface area (Å²) in [6.07, 6.45) is 0. The molecule has 0 aliphatic heterocycles. The first kappa shape index (κ1) is 17.9. The van der Waals surface area contributed by atoms with Crippen molar-refractivity contribution < 1.29 is 27.5 Å². The van der Waals surface area contributed by atoms with E-state index in [9.17, 15) is 18.0 Å². The van der Waals surface area contributed by atoms with Gasteiger partial charge in [-0.3, -0.25) is 4.72 Å². The maximum Gasteiger partial charge on any atom is 0.358 e. The number of aromatic nitrogens is 1. The zero-order valence-electron chi connectivity index (χ0n) is 13.0. The number of anilines is 1. The summed E-state index contributed by atoms with van der Waals surface area (Å²) < 4.78 is 40.0. The molecule has 1 heterocycles. The van der Waals surface area contributed by atoms with E-state index in [1.807, 2.05) is 6.92 Å². The van der Waals surface area contributed by atoms with Crippen LogP contribution in [0, 0.1) is 6.92 Å². The van der Waals surface area contributed by atoms with Crippen molar-refractivity contribution in [1.82, 2.24) is 4.37 Å². The third kappa shape index (κ3) is 3.54. The molecular formula is C14H14N2O6S2. The van der Waals surface area contributed by atoms with Crippen molar-refractivity contribution in [1.29, 1.82) is 0 Å². The summed E-state index contributed by atoms with van der Waals surface area (Å²) in [6.45, 7) is 1.82. The van der Waals surface area contributed by atoms with E-state index in [4.69, 9.17) is 0 Å². The summed E-state index contributed by atoms with van der Waals surface area (Å²) in [5.74, 6) is -1.77. The van der Waals surface area contributed by atoms with Gasteiger partial charge < -0.3 is 9.47 Å². The number of rotatable bonds is 5. The minimum atomic E-state index is -3.95. The molecule has 8 nitrogen and oxygen atoms in total. The molecule has 10 heteroatoms. The molecule has 1 aromatic carbocycles. The quantitative estimate of drug-likeness (QED) is 0.799. The Labute approximate surface area is 142 Å². The zero-order valence-corrected chi connectivity index (χ0v) is 14.7. The van der Waals surface area contributed by atoms with Gasteiger partial charge in [-0.2, -0.15) is 4.37 Å². The number of carbonyl (C=O) groups excluding carboxylic acids is 2. The van der Waals surface area contributed by atoms with Crippen LogP contribution in [-0.2, 0) is 19.5 Å². The summed E-state index contributed by atoms with van der Waals surface area (Å²) in [5, 5.41) is -0.122. The molecule has 0 saturated heterocycles. The number of aryl methyl sites for hydroxylation is 1. The van der Waals surface area contributed by atoms with Crippen molar-refractivity contribution in [3.8, 4) is 0 Å². The summed E-state index contributed by atoms with van der Waals surface area (Å²) in [6, 6.07) is 6.14. The second-order valence-corrected chi connectivity index (χ2v) is 7.09. The van der Waals surface area contributed by atoms with Crippen molar-refractivity contribution in [2.24, 2.45) is 0 Å². The molecule has 2 aromatic rings. The van der Waals surface area contributed by atoms with Gasteiger partial charge in [-0.05, 0) is 30.6 Å². The lowest BCUT2D eigenvalue weighted by Gasteiger charge is -2.08. The van der Waals surface area contributed by atoms with Crippen LogP contribution in [0.25, 0.3) is 0 Å². The summed E-state index contributed by atoms with van der Waals surface area (Å²) in [7, 11) is -1.72. The van der Waals surface area contributed by atoms with E-state index in [-0.39, 0.29) is 21.2 Å². The second-order valence-electron chi connectivity index (χ2n) is 4.64. The molecule has 2 rings (SSSR count). The number of nitrogens with one attached hydrogen (secondary N) is 1. The lowest BCUT2D eigenvalue weighted by molar-refractivity contribution is 0.0553. The molecular weight excluding hydrogens is 356 g/mol. The number of esters is 2. The van der Waals surface area contributed by atoms with Crippen molar-refractivity contribution in [2.75, 3.05) is 18.9 Å². The highest BCUT2D eigenvalue weighted by molar-refractivity contribution is 7.93. The SMILES string of the molecule is COC(=O)c1nsc(NS(=O)(=O)c2ccc(C)cc2)c1C(=O)OC. The number of benzene rings is 1. The first-order valence-corrected chi connectivity index (χ1v) is 8.81. The predicted molar refractivity (Wildman–Crippen MR) is 86.8 cm³/mol. The van der Waals surface area contributed by atoms with E-state index in [0.717, 1.165) is 19.8 Å². The van der Waals surface area contributed by atoms with Gasteiger partial charge in [0, 0.05) is 0 Å². The Morgan fingerprint density at radius 2 is 1.67 bits per heavy atom. The zero-order chi connectivity index (χ0) is 17.9. The Hall–Kier alpha value is -2.46. The van der Waals surface area contributed by atoms with Crippen molar-refractivity contribution >= 4 is 38.5 Å². The van der Waals surface area contributed by atoms with Crippen LogP contribution in [0.1, 0.15) is 26.4 Å². The molecule has 128 valence electrons. The minimum absolute atomic E-state index is 0.0110. The number of ether oxygens (including phenoxy) is 2. The number of methoxy groups -OCH3 is 2. The minimum Gasteiger partial charge on any atom is -0.465 e. The number of nitrogens with zero attached hydrogens (tertiary/aromatic N) is 1. The van der Waals surface area contributed by atoms with E-state index >= 15 is 0 Å². The lowest BCUT2D eigenvalue weighted by atomic mass is 10.2. The largest absolute Gasteiger partial charge is 0.465 e. The number of hydrogen-bond acceptors (Lipinski definition) is 8. The van der Waals surface area contributed by atoms with Crippen LogP contribution in [0.5, 0.6) is 0 Å². The highest BCUT2D eigenvalue weighted by atomic mass is 32.2. The maximum atomic E-state index is 12.4. The first-order chi connectivity index (χ1) is 11.3. The fraction of sp³-hybridized carbons (Fsp3) is 0.214. The fourth-order valence-electron chi connectivity index (χ4n) is 1.79. The third-order valence-corrected chi connectivity index (χ3v) is 5.28. The Balaban J connectivity index is 2.45. The molecule has 0 aliphatic rings. The molecule has 0 spiro atoms. The Morgan fingerprint density at radius 1 is 1.08 bits per heavy atom. The molecule has 1 N–H and O–H groups in total. The van der Waals surface area contributed by atoms with Crippen LogP contribution in [0.15, 0.2) is 29.2 Å². The van der Waals surface area contributed by atoms with Crippen molar-refractivity contribution in [2.45, 2.75) is 11.8 Å². The topological polar surface area (TPSA) is 112 Å². The van der Waals surface area contributed by atoms with Gasteiger partial charge in [-0.25, -0.2) is 18.0 Å². The summed E-state index contributed by atoms with van der Waals surface area (Å²) in [4.78, 5) is 23.6. The molecule has 0 amide bonds. The number of carbonyl (C=O) groups is 2. The molecule has 0 aliphatic carbocycles. The van der Waals surface area contributed by atoms with Gasteiger partial charge in [-0.15, -0.1) is 0 Å². The van der Waals surface area contributed by atoms with Crippen LogP contribution in [0.4, 0.5) is 5.00 Å². The second kappa shape index (κ2) is 6.97. The van der Waals surface area contributed by atoms with Crippen LogP contribution in [0.2, 0.25) is 0 Å². The fourth-order valence-corrected chi connectivity index (χ4v) is 3.84. The van der Waals surface area contributed by atoms with Gasteiger partial charge in [0.1, 0.15) is 10.6 Å². The van der Waals surface area contributed by atoms with Crippen LogP contribution >= 0.6 is 11.5 Å². The van der Waals surface area contributed by atoms with Crippen LogP contribution < -0.4 is 4.72 Å². The molecule has 0 atom stereocenters. The predicted octanol–water partition coefficient (Wildman–Crippen LogP) is 1.83. The van der Waals surface area contributed by atoms with E-state index in [2.05, 4.69) is 18.6 Å². The van der Waals surface area contributed by atoms with Gasteiger partial charge in [0.15, 0.2) is 5.69 Å². The van der Waals surface area contributed by atoms with E-state index in [1.165, 1.54) is 12.1 Å². The number of sulfonamides is 1. The van der Waals surface area contributed by atoms with Gasteiger partial charge >= 0.3 is 11.9 Å². The molecule has 1 aromatic heterocycles. The van der Waals surface area contributed by atoms with E-state index in [1.54, 1.807) is 12.1 Å². The van der Waals surface area contributed by atoms with E-state index in [0.29, 0.717) is 11.5 Å². The molecule has 0 bridgehead atoms. The van der Waals surface area contributed by atoms with Gasteiger partial charge in [0.25, 0.3) is 10.0 Å². The Morgan fingerprint density at radius 3 is 2.21 bits per heavy atom. The maximum absolute atomic E-state index is 12.4. The normalized spacial score (nSPS) is 11.0. The highest BCUT2D eigenvalue weighted by Crippen LogP contribution is 2.29. The Kier molecular flexibility index (Phi) is 5.20. The number of hydrogen-bond donors (Lipinski definition) is 1. The standard InChI is InChI=1S/C14H14N2O6S2/c1-8-4-6-9(7-5-8)24(19,20)16-12-10(13(17)21-2)11(15-23-12)14(18)22-3/h4-7,16H,1-3H3. The third-order valence-electron chi connectivity index (χ3n) is 3.02. The average Bonchev–Trinajstić information content (AvgIpc) is 2.96.